The van der Waals surface area contributed by atoms with Gasteiger partial charge >= 0.3 is 0 Å². The van der Waals surface area contributed by atoms with Crippen molar-refractivity contribution in [1.29, 1.82) is 5.26 Å². The van der Waals surface area contributed by atoms with E-state index in [1.54, 1.807) is 0 Å². The Labute approximate surface area is 56.9 Å². The molecule has 0 aromatic rings. The molecular weight excluding hydrogens is 112 g/mol. The molecule has 0 aliphatic heterocycles. The third kappa shape index (κ3) is 5.32. The summed E-state index contributed by atoms with van der Waals surface area (Å²) in [6, 6.07) is 2.54. The van der Waals surface area contributed by atoms with Gasteiger partial charge in [-0.05, 0) is 13.3 Å². The average Bonchev–Trinajstić information content (AvgIpc) is 1.85. The van der Waals surface area contributed by atoms with Crippen molar-refractivity contribution in [2.45, 2.75) is 32.7 Å². The lowest BCUT2D eigenvalue weighted by Crippen LogP contribution is -2.25. The van der Waals surface area contributed by atoms with E-state index < -0.39 is 0 Å². The van der Waals surface area contributed by atoms with Crippen molar-refractivity contribution < 1.29 is 0 Å². The molecule has 0 aliphatic carbocycles. The Hall–Kier alpha value is -0.550. The van der Waals surface area contributed by atoms with E-state index in [0.717, 1.165) is 6.42 Å². The summed E-state index contributed by atoms with van der Waals surface area (Å²) in [5.41, 5.74) is 0. The van der Waals surface area contributed by atoms with Gasteiger partial charge in [-0.25, -0.2) is 0 Å². The zero-order valence-electron chi connectivity index (χ0n) is 6.15. The maximum absolute atomic E-state index is 8.17. The summed E-state index contributed by atoms with van der Waals surface area (Å²) in [6.45, 7) is 4.71. The van der Waals surface area contributed by atoms with Gasteiger partial charge in [-0.1, -0.05) is 13.3 Å². The molecule has 0 saturated carbocycles. The third-order valence-electron chi connectivity index (χ3n) is 1.25. The van der Waals surface area contributed by atoms with E-state index in [2.05, 4.69) is 19.2 Å². The number of hydrogen-bond donors (Lipinski definition) is 1. The van der Waals surface area contributed by atoms with Crippen LogP contribution in [0.15, 0.2) is 0 Å². The van der Waals surface area contributed by atoms with E-state index in [1.807, 2.05) is 6.07 Å². The second-order valence-electron chi connectivity index (χ2n) is 2.23. The molecule has 0 rings (SSSR count). The average molecular weight is 126 g/mol. The molecule has 0 spiro atoms. The minimum Gasteiger partial charge on any atom is -0.302 e. The van der Waals surface area contributed by atoms with E-state index in [-0.39, 0.29) is 0 Å². The van der Waals surface area contributed by atoms with Gasteiger partial charge in [-0.2, -0.15) is 5.26 Å². The Morgan fingerprint density at radius 3 is 2.78 bits per heavy atom. The quantitative estimate of drug-likeness (QED) is 0.576. The van der Waals surface area contributed by atoms with Gasteiger partial charge in [0.2, 0.25) is 0 Å². The van der Waals surface area contributed by atoms with Crippen molar-refractivity contribution in [3.63, 3.8) is 0 Å². The molecular formula is C7H14N2. The normalized spacial score (nSPS) is 12.6. The van der Waals surface area contributed by atoms with E-state index in [9.17, 15) is 0 Å². The molecule has 0 radical (unpaired) electrons. The second kappa shape index (κ2) is 5.58. The van der Waals surface area contributed by atoms with Crippen LogP contribution in [0.25, 0.3) is 0 Å². The molecule has 0 amide bonds. The molecule has 9 heavy (non-hydrogen) atoms. The van der Waals surface area contributed by atoms with Crippen LogP contribution in [0, 0.1) is 11.3 Å². The minimum atomic E-state index is 0.473. The molecule has 0 aromatic heterocycles. The highest BCUT2D eigenvalue weighted by Crippen LogP contribution is 1.92. The number of hydrogen-bond acceptors (Lipinski definition) is 2. The maximum Gasteiger partial charge on any atom is 0.0842 e. The van der Waals surface area contributed by atoms with Crippen LogP contribution in [0.2, 0.25) is 0 Å². The topological polar surface area (TPSA) is 35.8 Å². The highest BCUT2D eigenvalue weighted by atomic mass is 14.9. The number of nitrogens with one attached hydrogen (secondary N) is 1. The Kier molecular flexibility index (Phi) is 5.24. The fourth-order valence-corrected chi connectivity index (χ4v) is 0.755. The van der Waals surface area contributed by atoms with Crippen molar-refractivity contribution in [1.82, 2.24) is 5.32 Å². The van der Waals surface area contributed by atoms with Crippen molar-refractivity contribution in [2.24, 2.45) is 0 Å². The molecule has 0 aliphatic rings. The first-order valence-electron chi connectivity index (χ1n) is 3.41. The van der Waals surface area contributed by atoms with Gasteiger partial charge in [0.1, 0.15) is 0 Å². The lowest BCUT2D eigenvalue weighted by molar-refractivity contribution is 0.538. The Bertz CT molecular complexity index is 93.6. The first kappa shape index (κ1) is 8.45. The molecule has 0 fully saturated rings. The first-order valence-corrected chi connectivity index (χ1v) is 3.41. The molecule has 0 bridgehead atoms. The van der Waals surface area contributed by atoms with Crippen LogP contribution in [0.1, 0.15) is 26.7 Å². The lowest BCUT2D eigenvalue weighted by atomic mass is 10.2. The zero-order valence-corrected chi connectivity index (χ0v) is 6.15. The predicted octanol–water partition coefficient (Wildman–Crippen LogP) is 1.29. The van der Waals surface area contributed by atoms with Crippen molar-refractivity contribution in [2.75, 3.05) is 6.54 Å². The smallest absolute Gasteiger partial charge is 0.0842 e. The largest absolute Gasteiger partial charge is 0.302 e. The number of rotatable bonds is 4. The molecule has 0 heterocycles. The van der Waals surface area contributed by atoms with E-state index in [0.29, 0.717) is 12.6 Å². The fourth-order valence-electron chi connectivity index (χ4n) is 0.755. The summed E-state index contributed by atoms with van der Waals surface area (Å²) in [6.07, 6.45) is 2.33. The summed E-state index contributed by atoms with van der Waals surface area (Å²) in [5.74, 6) is 0. The first-order chi connectivity index (χ1) is 4.31. The van der Waals surface area contributed by atoms with Gasteiger partial charge in [-0.15, -0.1) is 0 Å². The zero-order chi connectivity index (χ0) is 7.11. The summed E-state index contributed by atoms with van der Waals surface area (Å²) < 4.78 is 0. The molecule has 1 atom stereocenters. The molecule has 2 heteroatoms. The van der Waals surface area contributed by atoms with Crippen molar-refractivity contribution in [3.05, 3.63) is 0 Å². The second-order valence-corrected chi connectivity index (χ2v) is 2.23. The SMILES string of the molecule is CCC[C@@H](C)NCC#N. The van der Waals surface area contributed by atoms with Crippen molar-refractivity contribution in [3.8, 4) is 6.07 Å². The van der Waals surface area contributed by atoms with Gasteiger partial charge in [0, 0.05) is 6.04 Å². The summed E-state index contributed by atoms with van der Waals surface area (Å²) in [7, 11) is 0. The van der Waals surface area contributed by atoms with Crippen LogP contribution >= 0.6 is 0 Å². The van der Waals surface area contributed by atoms with Gasteiger partial charge in [0.25, 0.3) is 0 Å². The minimum absolute atomic E-state index is 0.473. The predicted molar refractivity (Wildman–Crippen MR) is 38.0 cm³/mol. The number of nitrogens with zero attached hydrogens (tertiary/aromatic N) is 1. The monoisotopic (exact) mass is 126 g/mol. The van der Waals surface area contributed by atoms with Gasteiger partial charge in [-0.3, -0.25) is 0 Å². The van der Waals surface area contributed by atoms with Crippen LogP contribution in [-0.4, -0.2) is 12.6 Å². The summed E-state index contributed by atoms with van der Waals surface area (Å²) in [5, 5.41) is 11.2. The Balaban J connectivity index is 3.07. The van der Waals surface area contributed by atoms with E-state index >= 15 is 0 Å². The standard InChI is InChI=1S/C7H14N2/c1-3-4-7(2)9-6-5-8/h7,9H,3-4,6H2,1-2H3/t7-/m1/s1. The summed E-state index contributed by atoms with van der Waals surface area (Å²) in [4.78, 5) is 0. The Morgan fingerprint density at radius 1 is 1.67 bits per heavy atom. The van der Waals surface area contributed by atoms with Crippen LogP contribution in [0.4, 0.5) is 0 Å². The highest BCUT2D eigenvalue weighted by molar-refractivity contribution is 4.75. The molecule has 52 valence electrons. The van der Waals surface area contributed by atoms with E-state index in [1.165, 1.54) is 6.42 Å². The van der Waals surface area contributed by atoms with Crippen LogP contribution in [-0.2, 0) is 0 Å². The van der Waals surface area contributed by atoms with Crippen molar-refractivity contribution >= 4 is 0 Å². The van der Waals surface area contributed by atoms with Crippen LogP contribution in [0.3, 0.4) is 0 Å². The third-order valence-corrected chi connectivity index (χ3v) is 1.25. The maximum atomic E-state index is 8.17. The van der Waals surface area contributed by atoms with Crippen LogP contribution < -0.4 is 5.32 Å². The van der Waals surface area contributed by atoms with Gasteiger partial charge in [0.05, 0.1) is 12.6 Å². The number of nitriles is 1. The van der Waals surface area contributed by atoms with Gasteiger partial charge < -0.3 is 5.32 Å². The van der Waals surface area contributed by atoms with Crippen LogP contribution in [0.5, 0.6) is 0 Å². The molecule has 0 aromatic carbocycles. The lowest BCUT2D eigenvalue weighted by Gasteiger charge is -2.07. The van der Waals surface area contributed by atoms with E-state index in [4.69, 9.17) is 5.26 Å². The highest BCUT2D eigenvalue weighted by Gasteiger charge is 1.95. The van der Waals surface area contributed by atoms with Gasteiger partial charge in [0.15, 0.2) is 0 Å². The summed E-state index contributed by atoms with van der Waals surface area (Å²) >= 11 is 0. The molecule has 0 saturated heterocycles. The molecule has 0 unspecified atom stereocenters. The molecule has 1 N–H and O–H groups in total. The Morgan fingerprint density at radius 2 is 2.33 bits per heavy atom. The fraction of sp³-hybridized carbons (Fsp3) is 0.857. The molecule has 2 nitrogen and oxygen atoms in total.